The smallest absolute Gasteiger partial charge is 0.259 e. The van der Waals surface area contributed by atoms with E-state index in [-0.39, 0.29) is 24.0 Å². The van der Waals surface area contributed by atoms with Gasteiger partial charge in [-0.25, -0.2) is 0 Å². The SMILES string of the molecule is CCc1noc(C)c1C(=O)N1CC[C@@]23O[C@@H](c4ccccc4)CN2C(=O)C[C@@H]13. The van der Waals surface area contributed by atoms with Crippen molar-refractivity contribution in [2.75, 3.05) is 13.1 Å². The van der Waals surface area contributed by atoms with Crippen molar-refractivity contribution in [3.63, 3.8) is 0 Å². The Bertz CT molecular complexity index is 940. The Hall–Kier alpha value is -2.67. The molecule has 3 aliphatic rings. The first-order valence-corrected chi connectivity index (χ1v) is 9.84. The summed E-state index contributed by atoms with van der Waals surface area (Å²) >= 11 is 0. The molecule has 5 rings (SSSR count). The van der Waals surface area contributed by atoms with Crippen LogP contribution in [0.3, 0.4) is 0 Å². The molecule has 146 valence electrons. The molecule has 0 unspecified atom stereocenters. The molecule has 0 aliphatic carbocycles. The number of carbonyl (C=O) groups is 2. The predicted molar refractivity (Wildman–Crippen MR) is 99.4 cm³/mol. The van der Waals surface area contributed by atoms with E-state index in [2.05, 4.69) is 5.16 Å². The van der Waals surface area contributed by atoms with Crippen LogP contribution in [-0.4, -0.2) is 51.6 Å². The summed E-state index contributed by atoms with van der Waals surface area (Å²) in [6.07, 6.45) is 1.40. The van der Waals surface area contributed by atoms with Crippen molar-refractivity contribution in [2.24, 2.45) is 0 Å². The van der Waals surface area contributed by atoms with Crippen LogP contribution in [0.15, 0.2) is 34.9 Å². The van der Waals surface area contributed by atoms with Crippen LogP contribution < -0.4 is 0 Å². The summed E-state index contributed by atoms with van der Waals surface area (Å²) in [6, 6.07) is 9.69. The lowest BCUT2D eigenvalue weighted by molar-refractivity contribution is -0.138. The second kappa shape index (κ2) is 6.17. The van der Waals surface area contributed by atoms with Crippen molar-refractivity contribution in [3.8, 4) is 0 Å². The molecule has 2 aromatic rings. The minimum absolute atomic E-state index is 0.0543. The quantitative estimate of drug-likeness (QED) is 0.816. The molecule has 3 saturated heterocycles. The van der Waals surface area contributed by atoms with Crippen LogP contribution >= 0.6 is 0 Å². The highest BCUT2D eigenvalue weighted by molar-refractivity contribution is 5.97. The van der Waals surface area contributed by atoms with E-state index in [0.29, 0.717) is 49.4 Å². The minimum atomic E-state index is -0.718. The van der Waals surface area contributed by atoms with Gasteiger partial charge in [-0.05, 0) is 18.9 Å². The van der Waals surface area contributed by atoms with Gasteiger partial charge in [-0.2, -0.15) is 0 Å². The summed E-state index contributed by atoms with van der Waals surface area (Å²) in [6.45, 7) is 4.80. The maximum absolute atomic E-state index is 13.3. The molecular weight excluding hydrogens is 358 g/mol. The second-order valence-corrected chi connectivity index (χ2v) is 7.75. The van der Waals surface area contributed by atoms with Crippen molar-refractivity contribution in [3.05, 3.63) is 52.9 Å². The van der Waals surface area contributed by atoms with Crippen LogP contribution in [0, 0.1) is 6.92 Å². The van der Waals surface area contributed by atoms with Crippen molar-refractivity contribution < 1.29 is 18.8 Å². The topological polar surface area (TPSA) is 75.9 Å². The van der Waals surface area contributed by atoms with E-state index in [0.717, 1.165) is 5.56 Å². The fraction of sp³-hybridized carbons (Fsp3) is 0.476. The third-order valence-corrected chi connectivity index (χ3v) is 6.34. The molecule has 0 N–H and O–H groups in total. The van der Waals surface area contributed by atoms with Gasteiger partial charge in [-0.1, -0.05) is 42.4 Å². The van der Waals surface area contributed by atoms with Gasteiger partial charge in [-0.15, -0.1) is 0 Å². The summed E-state index contributed by atoms with van der Waals surface area (Å²) in [4.78, 5) is 29.7. The van der Waals surface area contributed by atoms with Gasteiger partial charge in [0, 0.05) is 13.0 Å². The zero-order chi connectivity index (χ0) is 19.5. The highest BCUT2D eigenvalue weighted by Crippen LogP contribution is 2.51. The Morgan fingerprint density at radius 3 is 2.86 bits per heavy atom. The van der Waals surface area contributed by atoms with Gasteiger partial charge in [-0.3, -0.25) is 9.59 Å². The molecule has 0 bridgehead atoms. The highest BCUT2D eigenvalue weighted by Gasteiger charge is 2.65. The minimum Gasteiger partial charge on any atom is -0.361 e. The molecule has 28 heavy (non-hydrogen) atoms. The van der Waals surface area contributed by atoms with Gasteiger partial charge in [0.1, 0.15) is 17.4 Å². The molecule has 3 atom stereocenters. The van der Waals surface area contributed by atoms with Gasteiger partial charge in [0.25, 0.3) is 5.91 Å². The van der Waals surface area contributed by atoms with E-state index >= 15 is 0 Å². The summed E-state index contributed by atoms with van der Waals surface area (Å²) in [5, 5.41) is 4.01. The number of hydrogen-bond acceptors (Lipinski definition) is 5. The van der Waals surface area contributed by atoms with E-state index in [1.54, 1.807) is 11.8 Å². The van der Waals surface area contributed by atoms with E-state index in [1.165, 1.54) is 0 Å². The normalized spacial score (nSPS) is 28.7. The molecule has 0 saturated carbocycles. The molecule has 0 radical (unpaired) electrons. The number of aromatic nitrogens is 1. The fourth-order valence-corrected chi connectivity index (χ4v) is 4.99. The number of nitrogens with zero attached hydrogens (tertiary/aromatic N) is 3. The van der Waals surface area contributed by atoms with Crippen LogP contribution in [0.25, 0.3) is 0 Å². The van der Waals surface area contributed by atoms with Crippen LogP contribution in [-0.2, 0) is 16.0 Å². The van der Waals surface area contributed by atoms with Crippen LogP contribution in [0.5, 0.6) is 0 Å². The van der Waals surface area contributed by atoms with Crippen molar-refractivity contribution in [1.82, 2.24) is 15.0 Å². The third kappa shape index (κ3) is 2.29. The van der Waals surface area contributed by atoms with Gasteiger partial charge < -0.3 is 19.1 Å². The Morgan fingerprint density at radius 1 is 1.32 bits per heavy atom. The molecule has 4 heterocycles. The number of aryl methyl sites for hydroxylation is 2. The Balaban J connectivity index is 1.46. The zero-order valence-electron chi connectivity index (χ0n) is 16.1. The van der Waals surface area contributed by atoms with Crippen LogP contribution in [0.2, 0.25) is 0 Å². The van der Waals surface area contributed by atoms with E-state index in [4.69, 9.17) is 9.26 Å². The average molecular weight is 381 g/mol. The zero-order valence-corrected chi connectivity index (χ0v) is 16.1. The lowest BCUT2D eigenvalue weighted by Crippen LogP contribution is -2.48. The maximum Gasteiger partial charge on any atom is 0.259 e. The van der Waals surface area contributed by atoms with E-state index in [1.807, 2.05) is 42.2 Å². The third-order valence-electron chi connectivity index (χ3n) is 6.34. The monoisotopic (exact) mass is 381 g/mol. The standard InChI is InChI=1S/C21H23N3O4/c1-3-15-19(13(2)28-22-15)20(26)23-10-9-21-17(23)11-18(25)24(21)12-16(27-21)14-7-5-4-6-8-14/h4-8,16-17H,3,9-12H2,1-2H3/t16-,17-,21+/m1/s1. The van der Waals surface area contributed by atoms with Gasteiger partial charge >= 0.3 is 0 Å². The summed E-state index contributed by atoms with van der Waals surface area (Å²) in [5.74, 6) is 0.469. The molecular formula is C21H23N3O4. The number of hydrogen-bond donors (Lipinski definition) is 0. The van der Waals surface area contributed by atoms with Crippen LogP contribution in [0.1, 0.15) is 53.2 Å². The Morgan fingerprint density at radius 2 is 2.11 bits per heavy atom. The molecule has 1 spiro atoms. The summed E-state index contributed by atoms with van der Waals surface area (Å²) < 4.78 is 11.8. The molecule has 1 aromatic heterocycles. The second-order valence-electron chi connectivity index (χ2n) is 7.75. The molecule has 2 amide bonds. The first kappa shape index (κ1) is 17.4. The molecule has 7 nitrogen and oxygen atoms in total. The fourth-order valence-electron chi connectivity index (χ4n) is 4.99. The number of likely N-dealkylation sites (tertiary alicyclic amines) is 1. The van der Waals surface area contributed by atoms with Gasteiger partial charge in [0.15, 0.2) is 5.72 Å². The van der Waals surface area contributed by atoms with Gasteiger partial charge in [0.05, 0.1) is 24.7 Å². The Labute approximate surface area is 163 Å². The van der Waals surface area contributed by atoms with Crippen LogP contribution in [0.4, 0.5) is 0 Å². The Kier molecular flexibility index (Phi) is 3.84. The molecule has 3 fully saturated rings. The number of rotatable bonds is 3. The average Bonchev–Trinajstić information content (AvgIpc) is 3.42. The highest BCUT2D eigenvalue weighted by atomic mass is 16.5. The largest absolute Gasteiger partial charge is 0.361 e. The number of benzene rings is 1. The van der Waals surface area contributed by atoms with Crippen molar-refractivity contribution in [2.45, 2.75) is 51.0 Å². The molecule has 7 heteroatoms. The van der Waals surface area contributed by atoms with E-state index in [9.17, 15) is 9.59 Å². The van der Waals surface area contributed by atoms with Gasteiger partial charge in [0.2, 0.25) is 5.91 Å². The lowest BCUT2D eigenvalue weighted by Gasteiger charge is -2.32. The van der Waals surface area contributed by atoms with Crippen molar-refractivity contribution >= 4 is 11.8 Å². The number of ether oxygens (including phenoxy) is 1. The first-order valence-electron chi connectivity index (χ1n) is 9.84. The summed E-state index contributed by atoms with van der Waals surface area (Å²) in [7, 11) is 0. The predicted octanol–water partition coefficient (Wildman–Crippen LogP) is 2.46. The first-order chi connectivity index (χ1) is 13.5. The van der Waals surface area contributed by atoms with E-state index < -0.39 is 5.72 Å². The molecule has 1 aromatic carbocycles. The van der Waals surface area contributed by atoms with Crippen molar-refractivity contribution in [1.29, 1.82) is 0 Å². The number of amides is 2. The maximum atomic E-state index is 13.3. The summed E-state index contributed by atoms with van der Waals surface area (Å²) in [5.41, 5.74) is 1.54. The molecule has 3 aliphatic heterocycles. The number of carbonyl (C=O) groups excluding carboxylic acids is 2. The lowest BCUT2D eigenvalue weighted by atomic mass is 10.0.